The van der Waals surface area contributed by atoms with Gasteiger partial charge in [-0.2, -0.15) is 0 Å². The second-order valence-electron chi connectivity index (χ2n) is 5.36. The molecule has 1 aromatic carbocycles. The molecule has 1 aliphatic carbocycles. The first-order valence-electron chi connectivity index (χ1n) is 6.61. The molecule has 1 aromatic rings. The molecular formula is C16H19NO2. The average molecular weight is 257 g/mol. The van der Waals surface area contributed by atoms with Crippen molar-refractivity contribution in [3.05, 3.63) is 47.2 Å². The second-order valence-corrected chi connectivity index (χ2v) is 5.36. The van der Waals surface area contributed by atoms with Crippen LogP contribution in [0.3, 0.4) is 0 Å². The van der Waals surface area contributed by atoms with Gasteiger partial charge in [-0.3, -0.25) is 9.59 Å². The molecule has 0 aromatic heterocycles. The van der Waals surface area contributed by atoms with Gasteiger partial charge in [0.25, 0.3) is 0 Å². The fourth-order valence-corrected chi connectivity index (χ4v) is 2.65. The molecule has 0 fully saturated rings. The lowest BCUT2D eigenvalue weighted by atomic mass is 9.91. The van der Waals surface area contributed by atoms with Crippen molar-refractivity contribution in [2.75, 3.05) is 0 Å². The summed E-state index contributed by atoms with van der Waals surface area (Å²) < 4.78 is 0. The topological polar surface area (TPSA) is 37.4 Å². The molecule has 0 spiro atoms. The number of carbonyl (C=O) groups excluding carboxylic acids is 2. The van der Waals surface area contributed by atoms with Crippen LogP contribution in [0.2, 0.25) is 0 Å². The van der Waals surface area contributed by atoms with Crippen LogP contribution in [0.15, 0.2) is 36.0 Å². The Bertz CT molecular complexity index is 548. The summed E-state index contributed by atoms with van der Waals surface area (Å²) in [6.45, 7) is 8.11. The van der Waals surface area contributed by atoms with Crippen molar-refractivity contribution >= 4 is 11.6 Å². The van der Waals surface area contributed by atoms with Crippen LogP contribution < -0.4 is 0 Å². The molecule has 19 heavy (non-hydrogen) atoms. The number of rotatable bonds is 3. The number of ketones is 2. The van der Waals surface area contributed by atoms with Gasteiger partial charge in [0.05, 0.1) is 5.70 Å². The van der Waals surface area contributed by atoms with Crippen LogP contribution in [0, 0.1) is 0 Å². The quantitative estimate of drug-likeness (QED) is 0.835. The largest absolute Gasteiger partial charge is 0.363 e. The third kappa shape index (κ3) is 2.33. The van der Waals surface area contributed by atoms with E-state index in [1.807, 2.05) is 32.6 Å². The number of hydrogen-bond acceptors (Lipinski definition) is 3. The maximum absolute atomic E-state index is 12.6. The van der Waals surface area contributed by atoms with Crippen molar-refractivity contribution in [3.63, 3.8) is 0 Å². The van der Waals surface area contributed by atoms with E-state index in [4.69, 9.17) is 0 Å². The molecule has 0 aliphatic heterocycles. The van der Waals surface area contributed by atoms with Gasteiger partial charge in [-0.25, -0.2) is 0 Å². The van der Waals surface area contributed by atoms with E-state index in [2.05, 4.69) is 0 Å². The molecule has 0 saturated heterocycles. The molecule has 0 bridgehead atoms. The monoisotopic (exact) mass is 257 g/mol. The average Bonchev–Trinajstić information content (AvgIpc) is 2.35. The Morgan fingerprint density at radius 1 is 0.895 bits per heavy atom. The van der Waals surface area contributed by atoms with Crippen LogP contribution in [0.1, 0.15) is 48.4 Å². The molecule has 0 amide bonds. The first-order chi connectivity index (χ1) is 8.93. The molecule has 0 N–H and O–H groups in total. The Hall–Kier alpha value is -1.90. The summed E-state index contributed by atoms with van der Waals surface area (Å²) in [5.74, 6) is -0.144. The van der Waals surface area contributed by atoms with Gasteiger partial charge in [0.15, 0.2) is 5.78 Å². The number of benzene rings is 1. The molecule has 2 rings (SSSR count). The van der Waals surface area contributed by atoms with E-state index in [-0.39, 0.29) is 23.7 Å². The zero-order valence-electron chi connectivity index (χ0n) is 11.8. The zero-order chi connectivity index (χ0) is 14.2. The highest BCUT2D eigenvalue weighted by Crippen LogP contribution is 2.26. The van der Waals surface area contributed by atoms with Crippen LogP contribution in [0.25, 0.3) is 0 Å². The molecule has 0 unspecified atom stereocenters. The first kappa shape index (κ1) is 13.5. The lowest BCUT2D eigenvalue weighted by Crippen LogP contribution is -2.40. The molecule has 100 valence electrons. The molecule has 3 nitrogen and oxygen atoms in total. The van der Waals surface area contributed by atoms with E-state index in [1.165, 1.54) is 6.08 Å². The third-order valence-electron chi connectivity index (χ3n) is 3.33. The minimum atomic E-state index is -0.0866. The lowest BCUT2D eigenvalue weighted by molar-refractivity contribution is 0.0923. The minimum Gasteiger partial charge on any atom is -0.363 e. The maximum Gasteiger partial charge on any atom is 0.209 e. The highest BCUT2D eigenvalue weighted by atomic mass is 16.1. The highest BCUT2D eigenvalue weighted by molar-refractivity contribution is 6.24. The van der Waals surface area contributed by atoms with Crippen molar-refractivity contribution < 1.29 is 9.59 Å². The maximum atomic E-state index is 12.6. The van der Waals surface area contributed by atoms with Crippen molar-refractivity contribution in [2.45, 2.75) is 39.8 Å². The van der Waals surface area contributed by atoms with Crippen LogP contribution >= 0.6 is 0 Å². The standard InChI is InChI=1S/C16H19NO2/c1-10(2)17(11(3)4)14-9-15(18)12-7-5-6-8-13(12)16(14)19/h5-11H,1-4H3. The number of carbonyl (C=O) groups is 2. The van der Waals surface area contributed by atoms with Gasteiger partial charge in [0.1, 0.15) is 0 Å². The van der Waals surface area contributed by atoms with Crippen molar-refractivity contribution in [1.82, 2.24) is 4.90 Å². The highest BCUT2D eigenvalue weighted by Gasteiger charge is 2.30. The normalized spacial score (nSPS) is 14.7. The summed E-state index contributed by atoms with van der Waals surface area (Å²) >= 11 is 0. The number of hydrogen-bond donors (Lipinski definition) is 0. The Labute approximate surface area is 113 Å². The predicted octanol–water partition coefficient (Wildman–Crippen LogP) is 3.07. The fourth-order valence-electron chi connectivity index (χ4n) is 2.65. The summed E-state index contributed by atoms with van der Waals surface area (Å²) in [7, 11) is 0. The van der Waals surface area contributed by atoms with Crippen LogP contribution in [-0.2, 0) is 0 Å². The Kier molecular flexibility index (Phi) is 3.56. The van der Waals surface area contributed by atoms with Crippen molar-refractivity contribution in [2.24, 2.45) is 0 Å². The number of Topliss-reactive ketones (excluding diaryl/α,β-unsaturated/α-hetero) is 1. The zero-order valence-corrected chi connectivity index (χ0v) is 11.8. The first-order valence-corrected chi connectivity index (χ1v) is 6.61. The summed E-state index contributed by atoms with van der Waals surface area (Å²) in [6.07, 6.45) is 1.48. The van der Waals surface area contributed by atoms with Gasteiger partial charge in [-0.05, 0) is 27.7 Å². The van der Waals surface area contributed by atoms with E-state index < -0.39 is 0 Å². The van der Waals surface area contributed by atoms with E-state index in [0.29, 0.717) is 16.8 Å². The minimum absolute atomic E-state index is 0.0578. The van der Waals surface area contributed by atoms with E-state index in [9.17, 15) is 9.59 Å². The van der Waals surface area contributed by atoms with Gasteiger partial charge in [0, 0.05) is 29.3 Å². The summed E-state index contributed by atoms with van der Waals surface area (Å²) in [5, 5.41) is 0. The smallest absolute Gasteiger partial charge is 0.209 e. The van der Waals surface area contributed by atoms with E-state index in [1.54, 1.807) is 24.3 Å². The predicted molar refractivity (Wildman–Crippen MR) is 75.3 cm³/mol. The van der Waals surface area contributed by atoms with Crippen molar-refractivity contribution in [1.29, 1.82) is 0 Å². The SMILES string of the molecule is CC(C)N(C1=CC(=O)c2ccccc2C1=O)C(C)C. The molecule has 0 saturated carbocycles. The third-order valence-corrected chi connectivity index (χ3v) is 3.33. The molecular weight excluding hydrogens is 238 g/mol. The number of fused-ring (bicyclic) bond motifs is 1. The lowest BCUT2D eigenvalue weighted by Gasteiger charge is -2.35. The summed E-state index contributed by atoms with van der Waals surface area (Å²) in [6, 6.07) is 7.36. The van der Waals surface area contributed by atoms with E-state index >= 15 is 0 Å². The Morgan fingerprint density at radius 3 is 1.95 bits per heavy atom. The van der Waals surface area contributed by atoms with Crippen molar-refractivity contribution in [3.8, 4) is 0 Å². The van der Waals surface area contributed by atoms with E-state index in [0.717, 1.165) is 0 Å². The summed E-state index contributed by atoms with van der Waals surface area (Å²) in [5.41, 5.74) is 1.52. The van der Waals surface area contributed by atoms with Crippen LogP contribution in [0.5, 0.6) is 0 Å². The Morgan fingerprint density at radius 2 is 1.42 bits per heavy atom. The fraction of sp³-hybridized carbons (Fsp3) is 0.375. The molecule has 3 heteroatoms. The molecule has 1 aliphatic rings. The van der Waals surface area contributed by atoms with Crippen LogP contribution in [-0.4, -0.2) is 28.6 Å². The van der Waals surface area contributed by atoms with Gasteiger partial charge >= 0.3 is 0 Å². The Balaban J connectivity index is 2.50. The second kappa shape index (κ2) is 5.00. The van der Waals surface area contributed by atoms with Gasteiger partial charge in [0.2, 0.25) is 5.78 Å². The van der Waals surface area contributed by atoms with Gasteiger partial charge in [-0.1, -0.05) is 24.3 Å². The van der Waals surface area contributed by atoms with Gasteiger partial charge in [-0.15, -0.1) is 0 Å². The van der Waals surface area contributed by atoms with Crippen LogP contribution in [0.4, 0.5) is 0 Å². The number of nitrogens with zero attached hydrogens (tertiary/aromatic N) is 1. The molecule has 0 heterocycles. The summed E-state index contributed by atoms with van der Waals surface area (Å²) in [4.78, 5) is 26.7. The van der Waals surface area contributed by atoms with Gasteiger partial charge < -0.3 is 4.90 Å². The molecule has 0 atom stereocenters. The molecule has 0 radical (unpaired) electrons. The number of allylic oxidation sites excluding steroid dienone is 2.